The van der Waals surface area contributed by atoms with E-state index in [-0.39, 0.29) is 16.8 Å². The zero-order chi connectivity index (χ0) is 24.3. The second kappa shape index (κ2) is 13.5. The van der Waals surface area contributed by atoms with E-state index in [0.29, 0.717) is 19.0 Å². The summed E-state index contributed by atoms with van der Waals surface area (Å²) in [5, 5.41) is 0. The molecule has 0 bridgehead atoms. The minimum absolute atomic E-state index is 0.165. The Hall–Kier alpha value is -2.25. The molecule has 0 aliphatic carbocycles. The smallest absolute Gasteiger partial charge is 0.494 e. The normalized spacial score (nSPS) is 11.1. The Morgan fingerprint density at radius 2 is 1.36 bits per heavy atom. The van der Waals surface area contributed by atoms with E-state index in [9.17, 15) is 13.2 Å². The average molecular weight is 507 g/mol. The zero-order valence-corrected chi connectivity index (χ0v) is 20.0. The molecule has 2 aromatic rings. The quantitative estimate of drug-likeness (QED) is 0.261. The van der Waals surface area contributed by atoms with Gasteiger partial charge in [-0.3, -0.25) is 0 Å². The van der Waals surface area contributed by atoms with Crippen LogP contribution in [0.3, 0.4) is 0 Å². The number of alkyl halides is 3. The molecule has 0 aliphatic heterocycles. The molecule has 2 rings (SSSR count). The van der Waals surface area contributed by atoms with Crippen LogP contribution in [0.25, 0.3) is 0 Å². The predicted molar refractivity (Wildman–Crippen MR) is 124 cm³/mol. The largest absolute Gasteiger partial charge is 0.573 e. The monoisotopic (exact) mass is 506 g/mol. The highest BCUT2D eigenvalue weighted by Crippen LogP contribution is 2.31. The summed E-state index contributed by atoms with van der Waals surface area (Å²) in [6, 6.07) is 9.24. The first-order valence-electron chi connectivity index (χ1n) is 10.6. The number of hydrogen-bond donors (Lipinski definition) is 0. The third-order valence-electron chi connectivity index (χ3n) is 4.58. The number of hydrogen-bond acceptors (Lipinski definition) is 4. The molecule has 0 radical (unpaired) electrons. The Morgan fingerprint density at radius 1 is 0.818 bits per heavy atom. The van der Waals surface area contributed by atoms with Crippen LogP contribution in [0.2, 0.25) is 0 Å². The van der Waals surface area contributed by atoms with Crippen molar-refractivity contribution in [3.63, 3.8) is 0 Å². The van der Waals surface area contributed by atoms with Crippen LogP contribution in [0.15, 0.2) is 47.0 Å². The summed E-state index contributed by atoms with van der Waals surface area (Å²) >= 11 is 11.2. The fourth-order valence-electron chi connectivity index (χ4n) is 3.02. The summed E-state index contributed by atoms with van der Waals surface area (Å²) in [7, 11) is 0. The number of halogens is 5. The molecular formula is C24H27Cl2F3O4. The molecule has 0 heterocycles. The molecular weight excluding hydrogens is 480 g/mol. The number of ether oxygens (including phenoxy) is 4. The van der Waals surface area contributed by atoms with Gasteiger partial charge in [-0.05, 0) is 79.3 Å². The van der Waals surface area contributed by atoms with Gasteiger partial charge in [-0.25, -0.2) is 0 Å². The van der Waals surface area contributed by atoms with Crippen LogP contribution in [-0.2, 0) is 12.8 Å². The summed E-state index contributed by atoms with van der Waals surface area (Å²) in [5.41, 5.74) is 2.12. The van der Waals surface area contributed by atoms with Crippen LogP contribution in [-0.4, -0.2) is 26.2 Å². The highest BCUT2D eigenvalue weighted by Gasteiger charge is 2.30. The third kappa shape index (κ3) is 10.0. The van der Waals surface area contributed by atoms with E-state index in [1.54, 1.807) is 6.08 Å². The van der Waals surface area contributed by atoms with Crippen LogP contribution in [0.1, 0.15) is 37.8 Å². The van der Waals surface area contributed by atoms with Crippen molar-refractivity contribution in [2.75, 3.05) is 19.8 Å². The van der Waals surface area contributed by atoms with Crippen LogP contribution in [0, 0.1) is 0 Å². The van der Waals surface area contributed by atoms with Gasteiger partial charge in [0.15, 0.2) is 0 Å². The molecule has 0 fully saturated rings. The van der Waals surface area contributed by atoms with Gasteiger partial charge in [0.25, 0.3) is 0 Å². The average Bonchev–Trinajstić information content (AvgIpc) is 2.76. The molecule has 0 aliphatic rings. The molecule has 2 aromatic carbocycles. The minimum atomic E-state index is -4.71. The lowest BCUT2D eigenvalue weighted by Crippen LogP contribution is -2.16. The van der Waals surface area contributed by atoms with Gasteiger partial charge in [0.1, 0.15) is 34.1 Å². The Bertz CT molecular complexity index is 871. The van der Waals surface area contributed by atoms with Gasteiger partial charge in [0.2, 0.25) is 0 Å². The van der Waals surface area contributed by atoms with Gasteiger partial charge in [-0.2, -0.15) is 0 Å². The fourth-order valence-corrected chi connectivity index (χ4v) is 3.15. The van der Waals surface area contributed by atoms with Gasteiger partial charge < -0.3 is 18.9 Å². The summed E-state index contributed by atoms with van der Waals surface area (Å²) in [6.45, 7) is 5.34. The Labute approximate surface area is 202 Å². The fraction of sp³-hybridized carbons (Fsp3) is 0.417. The van der Waals surface area contributed by atoms with E-state index in [4.69, 9.17) is 37.4 Å². The Morgan fingerprint density at radius 3 is 1.88 bits per heavy atom. The molecule has 0 unspecified atom stereocenters. The third-order valence-corrected chi connectivity index (χ3v) is 4.89. The molecule has 9 heteroatoms. The summed E-state index contributed by atoms with van der Waals surface area (Å²) in [6.07, 6.45) is -0.0424. The molecule has 0 atom stereocenters. The van der Waals surface area contributed by atoms with E-state index in [1.807, 2.05) is 12.1 Å². The minimum Gasteiger partial charge on any atom is -0.494 e. The molecule has 0 saturated carbocycles. The topological polar surface area (TPSA) is 36.9 Å². The van der Waals surface area contributed by atoms with Crippen molar-refractivity contribution in [3.8, 4) is 23.0 Å². The first-order chi connectivity index (χ1) is 15.7. The second-order valence-electron chi connectivity index (χ2n) is 7.01. The predicted octanol–water partition coefficient (Wildman–Crippen LogP) is 7.65. The van der Waals surface area contributed by atoms with E-state index in [1.165, 1.54) is 24.3 Å². The number of unbranched alkanes of at least 4 members (excludes halogenated alkanes) is 1. The van der Waals surface area contributed by atoms with Gasteiger partial charge in [-0.1, -0.05) is 37.0 Å². The van der Waals surface area contributed by atoms with Crippen molar-refractivity contribution in [2.24, 2.45) is 0 Å². The highest BCUT2D eigenvalue weighted by molar-refractivity contribution is 6.55. The summed E-state index contributed by atoms with van der Waals surface area (Å²) in [4.78, 5) is 0. The van der Waals surface area contributed by atoms with E-state index < -0.39 is 6.36 Å². The lowest BCUT2D eigenvalue weighted by atomic mass is 10.0. The molecule has 0 saturated heterocycles. The lowest BCUT2D eigenvalue weighted by molar-refractivity contribution is -0.274. The van der Waals surface area contributed by atoms with E-state index >= 15 is 0 Å². The zero-order valence-electron chi connectivity index (χ0n) is 18.5. The molecule has 0 aromatic heterocycles. The lowest BCUT2D eigenvalue weighted by Gasteiger charge is -2.17. The van der Waals surface area contributed by atoms with Crippen LogP contribution in [0.4, 0.5) is 13.2 Å². The number of aryl methyl sites for hydroxylation is 2. The van der Waals surface area contributed by atoms with E-state index in [0.717, 1.165) is 48.3 Å². The summed E-state index contributed by atoms with van der Waals surface area (Å²) in [5.74, 6) is 1.81. The standard InChI is InChI=1S/C24H27Cl2F3O4/c1-3-17-15-21(31-14-11-22(25)26)16-18(4-2)23(17)32-13-6-5-12-30-19-7-9-20(10-8-19)33-24(27,28)29/h7-11,15-16H,3-6,12-14H2,1-2H3. The maximum atomic E-state index is 12.2. The Balaban J connectivity index is 1.80. The summed E-state index contributed by atoms with van der Waals surface area (Å²) < 4.78 is 57.9. The molecule has 182 valence electrons. The SMILES string of the molecule is CCc1cc(OCC=C(Cl)Cl)cc(CC)c1OCCCCOc1ccc(OC(F)(F)F)cc1. The highest BCUT2D eigenvalue weighted by atomic mass is 35.5. The second-order valence-corrected chi connectivity index (χ2v) is 8.01. The first-order valence-corrected chi connectivity index (χ1v) is 11.4. The van der Waals surface area contributed by atoms with Crippen LogP contribution >= 0.6 is 23.2 Å². The van der Waals surface area contributed by atoms with Gasteiger partial charge in [0.05, 0.1) is 13.2 Å². The van der Waals surface area contributed by atoms with Crippen molar-refractivity contribution in [1.29, 1.82) is 0 Å². The molecule has 4 nitrogen and oxygen atoms in total. The molecule has 0 amide bonds. The molecule has 33 heavy (non-hydrogen) atoms. The van der Waals surface area contributed by atoms with Gasteiger partial charge >= 0.3 is 6.36 Å². The molecule has 0 spiro atoms. The first kappa shape index (κ1) is 27.0. The Kier molecular flexibility index (Phi) is 11.0. The van der Waals surface area contributed by atoms with Gasteiger partial charge in [-0.15, -0.1) is 13.2 Å². The maximum absolute atomic E-state index is 12.2. The van der Waals surface area contributed by atoms with E-state index in [2.05, 4.69) is 18.6 Å². The number of rotatable bonds is 13. The van der Waals surface area contributed by atoms with Crippen molar-refractivity contribution < 1.29 is 32.1 Å². The van der Waals surface area contributed by atoms with Crippen molar-refractivity contribution in [1.82, 2.24) is 0 Å². The van der Waals surface area contributed by atoms with Crippen molar-refractivity contribution >= 4 is 23.2 Å². The van der Waals surface area contributed by atoms with Crippen LogP contribution in [0.5, 0.6) is 23.0 Å². The van der Waals surface area contributed by atoms with Gasteiger partial charge in [0, 0.05) is 0 Å². The van der Waals surface area contributed by atoms with Crippen LogP contribution < -0.4 is 18.9 Å². The number of benzene rings is 2. The molecule has 0 N–H and O–H groups in total. The van der Waals surface area contributed by atoms with Crippen molar-refractivity contribution in [2.45, 2.75) is 45.9 Å². The maximum Gasteiger partial charge on any atom is 0.573 e. The van der Waals surface area contributed by atoms with Crippen molar-refractivity contribution in [3.05, 3.63) is 58.1 Å².